The Bertz CT molecular complexity index is 1500. The van der Waals surface area contributed by atoms with Crippen molar-refractivity contribution in [1.82, 2.24) is 9.55 Å². The molecule has 4 aromatic rings. The van der Waals surface area contributed by atoms with Gasteiger partial charge in [-0.3, -0.25) is 14.2 Å². The molecule has 0 radical (unpaired) electrons. The summed E-state index contributed by atoms with van der Waals surface area (Å²) in [5.41, 5.74) is 5.65. The van der Waals surface area contributed by atoms with Crippen LogP contribution in [-0.4, -0.2) is 22.0 Å². The zero-order chi connectivity index (χ0) is 23.1. The van der Waals surface area contributed by atoms with Crippen LogP contribution in [0.5, 0.6) is 0 Å². The fourth-order valence-corrected chi connectivity index (χ4v) is 4.45. The van der Waals surface area contributed by atoms with Gasteiger partial charge in [0.05, 0.1) is 27.9 Å². The molecule has 0 N–H and O–H groups in total. The zero-order valence-corrected chi connectivity index (χ0v) is 19.0. The second-order valence-corrected chi connectivity index (χ2v) is 8.50. The maximum Gasteiger partial charge on any atom is 0.266 e. The van der Waals surface area contributed by atoms with E-state index in [1.807, 2.05) is 79.4 Å². The average Bonchev–Trinajstić information content (AvgIpc) is 3.05. The number of aryl methyl sites for hydroxylation is 2. The minimum atomic E-state index is -0.154. The monoisotopic (exact) mass is 435 g/mol. The minimum absolute atomic E-state index is 0.0596. The number of amides is 1. The number of para-hydroxylation sites is 1. The van der Waals surface area contributed by atoms with Gasteiger partial charge in [0.1, 0.15) is 5.82 Å². The Hall–Kier alpha value is -3.99. The van der Waals surface area contributed by atoms with E-state index < -0.39 is 0 Å². The Labute approximate surface area is 192 Å². The molecule has 5 nitrogen and oxygen atoms in total. The van der Waals surface area contributed by atoms with E-state index in [1.54, 1.807) is 16.7 Å². The Kier molecular flexibility index (Phi) is 5.17. The summed E-state index contributed by atoms with van der Waals surface area (Å²) in [6.07, 6.45) is 2.63. The van der Waals surface area contributed by atoms with E-state index in [1.165, 1.54) is 0 Å². The molecule has 1 amide bonds. The maximum atomic E-state index is 13.6. The van der Waals surface area contributed by atoms with Crippen molar-refractivity contribution in [2.24, 2.45) is 0 Å². The fraction of sp³-hybridized carbons (Fsp3) is 0.179. The predicted molar refractivity (Wildman–Crippen MR) is 134 cm³/mol. The van der Waals surface area contributed by atoms with Gasteiger partial charge in [-0.2, -0.15) is 0 Å². The molecule has 164 valence electrons. The molecule has 33 heavy (non-hydrogen) atoms. The van der Waals surface area contributed by atoms with Crippen LogP contribution in [0.4, 0.5) is 5.69 Å². The number of carbonyl (C=O) groups is 1. The summed E-state index contributed by atoms with van der Waals surface area (Å²) in [5.74, 6) is 0.383. The highest BCUT2D eigenvalue weighted by Crippen LogP contribution is 2.38. The van der Waals surface area contributed by atoms with E-state index in [0.29, 0.717) is 28.8 Å². The lowest BCUT2D eigenvalue weighted by Crippen LogP contribution is -2.27. The highest BCUT2D eigenvalue weighted by Gasteiger charge is 2.32. The standard InChI is InChI=1S/C28H25N3O2/c1-4-14-30-25-13-12-19(3)16-22(25)23(27(30)32)17-26-29-24-11-6-5-10-21(24)28(33)31(26)20-9-7-8-18(2)15-20/h5-13,15-17H,4,14H2,1-3H3. The van der Waals surface area contributed by atoms with Crippen LogP contribution in [0.1, 0.15) is 35.9 Å². The quantitative estimate of drug-likeness (QED) is 0.409. The Morgan fingerprint density at radius 2 is 1.70 bits per heavy atom. The van der Waals surface area contributed by atoms with Crippen LogP contribution in [0.3, 0.4) is 0 Å². The van der Waals surface area contributed by atoms with Crippen LogP contribution in [0, 0.1) is 13.8 Å². The first-order valence-electron chi connectivity index (χ1n) is 11.2. The van der Waals surface area contributed by atoms with Crippen LogP contribution in [0.25, 0.3) is 28.2 Å². The number of benzene rings is 3. The lowest BCUT2D eigenvalue weighted by Gasteiger charge is -2.15. The summed E-state index contributed by atoms with van der Waals surface area (Å²) in [7, 11) is 0. The van der Waals surface area contributed by atoms with Crippen molar-refractivity contribution in [2.75, 3.05) is 11.4 Å². The normalized spacial score (nSPS) is 14.3. The first-order chi connectivity index (χ1) is 16.0. The van der Waals surface area contributed by atoms with Gasteiger partial charge in [-0.25, -0.2) is 4.98 Å². The molecule has 0 aliphatic carbocycles. The summed E-state index contributed by atoms with van der Waals surface area (Å²) >= 11 is 0. The summed E-state index contributed by atoms with van der Waals surface area (Å²) in [6.45, 7) is 6.70. The molecule has 0 atom stereocenters. The van der Waals surface area contributed by atoms with Crippen LogP contribution in [-0.2, 0) is 4.79 Å². The van der Waals surface area contributed by atoms with Crippen molar-refractivity contribution >= 4 is 34.1 Å². The molecule has 5 heteroatoms. The van der Waals surface area contributed by atoms with Crippen molar-refractivity contribution in [3.05, 3.63) is 99.6 Å². The predicted octanol–water partition coefficient (Wildman–Crippen LogP) is 5.30. The van der Waals surface area contributed by atoms with Gasteiger partial charge in [-0.05, 0) is 68.3 Å². The number of nitrogens with zero attached hydrogens (tertiary/aromatic N) is 3. The molecule has 0 spiro atoms. The van der Waals surface area contributed by atoms with Gasteiger partial charge >= 0.3 is 0 Å². The van der Waals surface area contributed by atoms with E-state index in [0.717, 1.165) is 34.5 Å². The van der Waals surface area contributed by atoms with Crippen LogP contribution in [0.2, 0.25) is 0 Å². The molecule has 0 unspecified atom stereocenters. The number of carbonyl (C=O) groups excluding carboxylic acids is 1. The smallest absolute Gasteiger partial charge is 0.266 e. The summed E-state index contributed by atoms with van der Waals surface area (Å²) in [6, 6.07) is 21.1. The van der Waals surface area contributed by atoms with Gasteiger partial charge < -0.3 is 4.90 Å². The SMILES string of the molecule is CCCN1C(=O)C(=Cc2nc3ccccc3c(=O)n2-c2cccc(C)c2)c2cc(C)ccc21. The van der Waals surface area contributed by atoms with Crippen molar-refractivity contribution < 1.29 is 4.79 Å². The summed E-state index contributed by atoms with van der Waals surface area (Å²) in [5, 5.41) is 0.544. The highest BCUT2D eigenvalue weighted by atomic mass is 16.2. The molecule has 1 aliphatic heterocycles. The van der Waals surface area contributed by atoms with E-state index >= 15 is 0 Å². The fourth-order valence-electron chi connectivity index (χ4n) is 4.45. The third-order valence-corrected chi connectivity index (χ3v) is 5.99. The second-order valence-electron chi connectivity index (χ2n) is 8.50. The zero-order valence-electron chi connectivity index (χ0n) is 19.0. The highest BCUT2D eigenvalue weighted by molar-refractivity contribution is 6.35. The topological polar surface area (TPSA) is 55.2 Å². The van der Waals surface area contributed by atoms with Gasteiger partial charge in [0, 0.05) is 12.1 Å². The van der Waals surface area contributed by atoms with Crippen molar-refractivity contribution in [1.29, 1.82) is 0 Å². The molecule has 2 heterocycles. The molecule has 0 fully saturated rings. The van der Waals surface area contributed by atoms with E-state index in [2.05, 4.69) is 6.92 Å². The number of aromatic nitrogens is 2. The first-order valence-corrected chi connectivity index (χ1v) is 11.2. The lowest BCUT2D eigenvalue weighted by atomic mass is 10.0. The summed E-state index contributed by atoms with van der Waals surface area (Å²) < 4.78 is 1.60. The molecule has 0 saturated heterocycles. The van der Waals surface area contributed by atoms with Crippen molar-refractivity contribution in [2.45, 2.75) is 27.2 Å². The number of hydrogen-bond acceptors (Lipinski definition) is 3. The van der Waals surface area contributed by atoms with E-state index in [4.69, 9.17) is 4.98 Å². The van der Waals surface area contributed by atoms with Gasteiger partial charge in [0.15, 0.2) is 0 Å². The largest absolute Gasteiger partial charge is 0.308 e. The minimum Gasteiger partial charge on any atom is -0.308 e. The average molecular weight is 436 g/mol. The Balaban J connectivity index is 1.81. The molecule has 1 aromatic heterocycles. The van der Waals surface area contributed by atoms with Gasteiger partial charge in [0.2, 0.25) is 0 Å². The Morgan fingerprint density at radius 3 is 2.48 bits per heavy atom. The second kappa shape index (κ2) is 8.17. The summed E-state index contributed by atoms with van der Waals surface area (Å²) in [4.78, 5) is 33.7. The van der Waals surface area contributed by atoms with Crippen molar-refractivity contribution in [3.63, 3.8) is 0 Å². The molecule has 3 aromatic carbocycles. The molecular weight excluding hydrogens is 410 g/mol. The van der Waals surface area contributed by atoms with E-state index in [9.17, 15) is 9.59 Å². The van der Waals surface area contributed by atoms with Crippen LogP contribution in [0.15, 0.2) is 71.5 Å². The molecule has 1 aliphatic rings. The number of fused-ring (bicyclic) bond motifs is 2. The molecule has 0 bridgehead atoms. The lowest BCUT2D eigenvalue weighted by molar-refractivity contribution is -0.113. The maximum absolute atomic E-state index is 13.6. The van der Waals surface area contributed by atoms with Crippen molar-refractivity contribution in [3.8, 4) is 5.69 Å². The van der Waals surface area contributed by atoms with Gasteiger partial charge in [-0.15, -0.1) is 0 Å². The number of rotatable bonds is 4. The number of anilines is 1. The van der Waals surface area contributed by atoms with Crippen LogP contribution >= 0.6 is 0 Å². The third-order valence-electron chi connectivity index (χ3n) is 5.99. The van der Waals surface area contributed by atoms with Gasteiger partial charge in [-0.1, -0.05) is 42.8 Å². The first kappa shape index (κ1) is 20.9. The van der Waals surface area contributed by atoms with Crippen LogP contribution < -0.4 is 10.5 Å². The van der Waals surface area contributed by atoms with Gasteiger partial charge in [0.25, 0.3) is 11.5 Å². The molecule has 5 rings (SSSR count). The molecule has 0 saturated carbocycles. The molecular formula is C28H25N3O2. The third kappa shape index (κ3) is 3.55. The Morgan fingerprint density at radius 1 is 0.909 bits per heavy atom. The van der Waals surface area contributed by atoms with E-state index in [-0.39, 0.29) is 11.5 Å². The number of hydrogen-bond donors (Lipinski definition) is 0.